The molecule has 0 saturated heterocycles. The summed E-state index contributed by atoms with van der Waals surface area (Å²) < 4.78 is 30.5. The van der Waals surface area contributed by atoms with E-state index in [0.29, 0.717) is 0 Å². The lowest BCUT2D eigenvalue weighted by molar-refractivity contribution is -0.229. The zero-order chi connectivity index (χ0) is 13.5. The lowest BCUT2D eigenvalue weighted by Crippen LogP contribution is -2.42. The number of halogens is 1. The van der Waals surface area contributed by atoms with Crippen molar-refractivity contribution < 1.29 is 18.6 Å². The van der Waals surface area contributed by atoms with Gasteiger partial charge in [0, 0.05) is 6.00 Å². The summed E-state index contributed by atoms with van der Waals surface area (Å²) >= 11 is 0. The van der Waals surface area contributed by atoms with E-state index < -0.39 is 5.85 Å². The van der Waals surface area contributed by atoms with Crippen LogP contribution in [0.15, 0.2) is 0 Å². The summed E-state index contributed by atoms with van der Waals surface area (Å²) in [5.41, 5.74) is 0. The summed E-state index contributed by atoms with van der Waals surface area (Å²) in [7, 11) is 1.85. The van der Waals surface area contributed by atoms with Crippen LogP contribution < -0.4 is 0 Å². The van der Waals surface area contributed by atoms with Crippen LogP contribution in [0.4, 0.5) is 4.39 Å². The molecule has 0 aliphatic carbocycles. The molecule has 0 radical (unpaired) electrons. The van der Waals surface area contributed by atoms with Crippen LogP contribution in [-0.4, -0.2) is 45.1 Å². The van der Waals surface area contributed by atoms with E-state index in [1.54, 1.807) is 0 Å². The fourth-order valence-corrected chi connectivity index (χ4v) is 1.14. The van der Waals surface area contributed by atoms with Gasteiger partial charge in [-0.05, 0) is 34.1 Å². The number of rotatable bonds is 9. The van der Waals surface area contributed by atoms with Crippen LogP contribution in [0.2, 0.25) is 0 Å². The van der Waals surface area contributed by atoms with Gasteiger partial charge in [-0.1, -0.05) is 6.92 Å². The van der Waals surface area contributed by atoms with Gasteiger partial charge in [0.2, 0.25) is 0 Å². The summed E-state index contributed by atoms with van der Waals surface area (Å²) in [6, 6.07) is -0.147. The van der Waals surface area contributed by atoms with Crippen LogP contribution >= 0.6 is 0 Å². The molecule has 17 heavy (non-hydrogen) atoms. The first-order chi connectivity index (χ1) is 7.79. The summed E-state index contributed by atoms with van der Waals surface area (Å²) in [5, 5.41) is 0. The van der Waals surface area contributed by atoms with Crippen LogP contribution in [0, 0.1) is 0 Å². The van der Waals surface area contributed by atoms with Crippen molar-refractivity contribution in [3.8, 4) is 0 Å². The maximum absolute atomic E-state index is 14.5. The quantitative estimate of drug-likeness (QED) is 0.583. The standard InChI is InChI=1S/C12H26BFO3/c1-6-11(13)17-12(14,7-15-9(2)3)8-16-10(4)5/h9-11H,6-8,13H2,1-5H3/t11-/m1/s1. The second-order valence-corrected chi connectivity index (χ2v) is 4.94. The maximum atomic E-state index is 14.5. The van der Waals surface area contributed by atoms with Crippen molar-refractivity contribution in [2.75, 3.05) is 13.2 Å². The summed E-state index contributed by atoms with van der Waals surface area (Å²) in [6.07, 6.45) is 0.712. The van der Waals surface area contributed by atoms with Crippen LogP contribution in [0.1, 0.15) is 41.0 Å². The van der Waals surface area contributed by atoms with Crippen molar-refractivity contribution in [3.63, 3.8) is 0 Å². The number of hydrogen-bond donors (Lipinski definition) is 0. The summed E-state index contributed by atoms with van der Waals surface area (Å²) in [5.74, 6) is -1.86. The highest BCUT2D eigenvalue weighted by molar-refractivity contribution is 6.10. The molecule has 0 N–H and O–H groups in total. The van der Waals surface area contributed by atoms with Gasteiger partial charge in [0.1, 0.15) is 21.1 Å². The van der Waals surface area contributed by atoms with Gasteiger partial charge in [-0.3, -0.25) is 0 Å². The minimum absolute atomic E-state index is 0.0234. The third kappa shape index (κ3) is 8.58. The molecule has 0 rings (SSSR count). The van der Waals surface area contributed by atoms with Crippen LogP contribution in [-0.2, 0) is 14.2 Å². The lowest BCUT2D eigenvalue weighted by atomic mass is 9.97. The Balaban J connectivity index is 4.33. The number of alkyl halides is 1. The first-order valence-corrected chi connectivity index (χ1v) is 6.39. The number of ether oxygens (including phenoxy) is 3. The third-order valence-electron chi connectivity index (χ3n) is 2.25. The van der Waals surface area contributed by atoms with Gasteiger partial charge in [0.05, 0.1) is 12.2 Å². The molecule has 0 fully saturated rings. The zero-order valence-electron chi connectivity index (χ0n) is 12.0. The van der Waals surface area contributed by atoms with Crippen molar-refractivity contribution in [2.24, 2.45) is 0 Å². The topological polar surface area (TPSA) is 27.7 Å². The lowest BCUT2D eigenvalue weighted by Gasteiger charge is -2.30. The molecule has 0 heterocycles. The molecule has 0 saturated carbocycles. The summed E-state index contributed by atoms with van der Waals surface area (Å²) in [4.78, 5) is 0. The Kier molecular flexibility index (Phi) is 8.00. The second-order valence-electron chi connectivity index (χ2n) is 4.94. The molecule has 0 aliphatic heterocycles. The van der Waals surface area contributed by atoms with Gasteiger partial charge in [0.25, 0.3) is 5.85 Å². The van der Waals surface area contributed by atoms with E-state index >= 15 is 0 Å². The van der Waals surface area contributed by atoms with Gasteiger partial charge >= 0.3 is 0 Å². The molecule has 0 aliphatic rings. The van der Waals surface area contributed by atoms with Crippen molar-refractivity contribution >= 4 is 7.85 Å². The highest BCUT2D eigenvalue weighted by atomic mass is 19.2. The van der Waals surface area contributed by atoms with Crippen molar-refractivity contribution in [1.82, 2.24) is 0 Å². The monoisotopic (exact) mass is 248 g/mol. The fourth-order valence-electron chi connectivity index (χ4n) is 1.14. The van der Waals surface area contributed by atoms with E-state index in [1.807, 2.05) is 42.5 Å². The molecular weight excluding hydrogens is 222 g/mol. The molecule has 5 heteroatoms. The zero-order valence-corrected chi connectivity index (χ0v) is 12.0. The molecule has 0 bridgehead atoms. The largest absolute Gasteiger partial charge is 0.373 e. The average molecular weight is 248 g/mol. The van der Waals surface area contributed by atoms with Crippen molar-refractivity contribution in [3.05, 3.63) is 0 Å². The van der Waals surface area contributed by atoms with Gasteiger partial charge in [-0.2, -0.15) is 0 Å². The predicted octanol–water partition coefficient (Wildman–Crippen LogP) is 1.89. The van der Waals surface area contributed by atoms with E-state index in [0.717, 1.165) is 6.42 Å². The van der Waals surface area contributed by atoms with E-state index in [2.05, 4.69) is 0 Å². The minimum atomic E-state index is -1.86. The SMILES string of the molecule is B[C@@H](CC)OC(F)(COC(C)C)COC(C)C. The molecule has 0 aromatic rings. The highest BCUT2D eigenvalue weighted by Crippen LogP contribution is 2.19. The Labute approximate surface area is 105 Å². The van der Waals surface area contributed by atoms with Gasteiger partial charge in [-0.15, -0.1) is 0 Å². The van der Waals surface area contributed by atoms with Crippen LogP contribution in [0.5, 0.6) is 0 Å². The second kappa shape index (κ2) is 8.06. The van der Waals surface area contributed by atoms with E-state index in [9.17, 15) is 4.39 Å². The van der Waals surface area contributed by atoms with Gasteiger partial charge < -0.3 is 14.2 Å². The molecule has 0 spiro atoms. The van der Waals surface area contributed by atoms with E-state index in [-0.39, 0.29) is 31.4 Å². The Morgan fingerprint density at radius 3 is 1.76 bits per heavy atom. The fraction of sp³-hybridized carbons (Fsp3) is 1.00. The first-order valence-electron chi connectivity index (χ1n) is 6.39. The Bertz CT molecular complexity index is 188. The summed E-state index contributed by atoms with van der Waals surface area (Å²) in [6.45, 7) is 9.24. The molecular formula is C12H26BFO3. The molecule has 1 atom stereocenters. The molecule has 0 aromatic heterocycles. The van der Waals surface area contributed by atoms with Crippen molar-refractivity contribution in [1.29, 1.82) is 0 Å². The Hall–Kier alpha value is -0.125. The minimum Gasteiger partial charge on any atom is -0.373 e. The molecule has 0 unspecified atom stereocenters. The molecule has 102 valence electrons. The van der Waals surface area contributed by atoms with Crippen LogP contribution in [0.3, 0.4) is 0 Å². The Morgan fingerprint density at radius 2 is 1.47 bits per heavy atom. The van der Waals surface area contributed by atoms with E-state index in [1.165, 1.54) is 0 Å². The predicted molar refractivity (Wildman–Crippen MR) is 69.7 cm³/mol. The first kappa shape index (κ1) is 16.9. The van der Waals surface area contributed by atoms with Gasteiger partial charge in [0.15, 0.2) is 0 Å². The van der Waals surface area contributed by atoms with E-state index in [4.69, 9.17) is 14.2 Å². The smallest absolute Gasteiger partial charge is 0.255 e. The highest BCUT2D eigenvalue weighted by Gasteiger charge is 2.34. The Morgan fingerprint density at radius 1 is 1.06 bits per heavy atom. The van der Waals surface area contributed by atoms with Gasteiger partial charge in [-0.25, -0.2) is 4.39 Å². The van der Waals surface area contributed by atoms with Crippen LogP contribution in [0.25, 0.3) is 0 Å². The maximum Gasteiger partial charge on any atom is 0.255 e. The normalized spacial score (nSPS) is 14.6. The average Bonchev–Trinajstić information content (AvgIpc) is 2.24. The number of hydrogen-bond acceptors (Lipinski definition) is 3. The third-order valence-corrected chi connectivity index (χ3v) is 2.25. The molecule has 0 amide bonds. The molecule has 0 aromatic carbocycles. The van der Waals surface area contributed by atoms with Crippen molar-refractivity contribution in [2.45, 2.75) is 65.1 Å². The molecule has 3 nitrogen and oxygen atoms in total.